The monoisotopic (exact) mass is 205 g/mol. The summed E-state index contributed by atoms with van der Waals surface area (Å²) in [6.07, 6.45) is 0. The van der Waals surface area contributed by atoms with Gasteiger partial charge in [0.05, 0.1) is 6.04 Å². The number of hydrogen-bond donors (Lipinski definition) is 1. The van der Waals surface area contributed by atoms with E-state index >= 15 is 0 Å². The van der Waals surface area contributed by atoms with E-state index in [-0.39, 0.29) is 17.7 Å². The van der Waals surface area contributed by atoms with E-state index in [0.29, 0.717) is 5.56 Å². The number of carbonyl (C=O) groups is 2. The molecular formula is C12H15NO2. The molecular weight excluding hydrogens is 190 g/mol. The Balaban J connectivity index is 2.79. The Labute approximate surface area is 89.5 Å². The number of benzene rings is 1. The van der Waals surface area contributed by atoms with Crippen molar-refractivity contribution in [3.63, 3.8) is 0 Å². The quantitative estimate of drug-likeness (QED) is 0.768. The minimum atomic E-state index is -0.0573. The summed E-state index contributed by atoms with van der Waals surface area (Å²) in [4.78, 5) is 21.9. The van der Waals surface area contributed by atoms with Gasteiger partial charge in [-0.3, -0.25) is 9.59 Å². The molecule has 0 aliphatic heterocycles. The molecule has 0 aromatic heterocycles. The Kier molecular flexibility index (Phi) is 3.61. The van der Waals surface area contributed by atoms with E-state index in [9.17, 15) is 9.59 Å². The number of carbonyl (C=O) groups excluding carboxylic acids is 2. The second-order valence-corrected chi connectivity index (χ2v) is 3.60. The van der Waals surface area contributed by atoms with Gasteiger partial charge in [0, 0.05) is 12.5 Å². The Hall–Kier alpha value is -1.64. The summed E-state index contributed by atoms with van der Waals surface area (Å²) in [6.45, 7) is 4.93. The summed E-state index contributed by atoms with van der Waals surface area (Å²) in [6, 6.07) is 7.24. The molecule has 80 valence electrons. The van der Waals surface area contributed by atoms with E-state index in [2.05, 4.69) is 5.32 Å². The molecule has 1 amide bonds. The van der Waals surface area contributed by atoms with Crippen molar-refractivity contribution in [3.8, 4) is 0 Å². The zero-order chi connectivity index (χ0) is 11.4. The van der Waals surface area contributed by atoms with E-state index in [1.165, 1.54) is 13.8 Å². The lowest BCUT2D eigenvalue weighted by atomic mass is 10.0. The fourth-order valence-corrected chi connectivity index (χ4v) is 1.39. The van der Waals surface area contributed by atoms with Gasteiger partial charge in [0.25, 0.3) is 0 Å². The molecule has 0 spiro atoms. The predicted octanol–water partition coefficient (Wildman–Crippen LogP) is 2.09. The number of ketones is 1. The first-order chi connectivity index (χ1) is 7.00. The second-order valence-electron chi connectivity index (χ2n) is 3.60. The van der Waals surface area contributed by atoms with Crippen LogP contribution in [0.3, 0.4) is 0 Å². The number of nitrogens with one attached hydrogen (secondary N) is 1. The predicted molar refractivity (Wildman–Crippen MR) is 58.7 cm³/mol. The topological polar surface area (TPSA) is 46.2 Å². The molecule has 0 fully saturated rings. The van der Waals surface area contributed by atoms with Gasteiger partial charge in [-0.05, 0) is 19.4 Å². The van der Waals surface area contributed by atoms with E-state index in [1.54, 1.807) is 12.1 Å². The van der Waals surface area contributed by atoms with Crippen LogP contribution in [0.25, 0.3) is 0 Å². The normalized spacial score (nSPS) is 11.9. The summed E-state index contributed by atoms with van der Waals surface area (Å²) < 4.78 is 0. The van der Waals surface area contributed by atoms with Gasteiger partial charge in [0.15, 0.2) is 5.78 Å². The standard InChI is InChI=1S/C12H15NO2/c1-8(13-10(3)15)11-4-6-12(7-5-11)9(2)14/h4-8H,1-3H3,(H,13,15)/t8-/m1/s1. The highest BCUT2D eigenvalue weighted by atomic mass is 16.1. The molecule has 0 radical (unpaired) electrons. The molecule has 1 rings (SSSR count). The van der Waals surface area contributed by atoms with Gasteiger partial charge in [-0.1, -0.05) is 24.3 Å². The first kappa shape index (κ1) is 11.4. The van der Waals surface area contributed by atoms with Crippen LogP contribution >= 0.6 is 0 Å². The first-order valence-electron chi connectivity index (χ1n) is 4.88. The third kappa shape index (κ3) is 3.20. The molecule has 0 saturated heterocycles. The van der Waals surface area contributed by atoms with E-state index < -0.39 is 0 Å². The fourth-order valence-electron chi connectivity index (χ4n) is 1.39. The van der Waals surface area contributed by atoms with Crippen LogP contribution in [0, 0.1) is 0 Å². The summed E-state index contributed by atoms with van der Waals surface area (Å²) in [7, 11) is 0. The molecule has 0 unspecified atom stereocenters. The first-order valence-corrected chi connectivity index (χ1v) is 4.88. The van der Waals surface area contributed by atoms with Crippen molar-refractivity contribution in [1.29, 1.82) is 0 Å². The van der Waals surface area contributed by atoms with Gasteiger partial charge in [-0.2, -0.15) is 0 Å². The molecule has 0 bridgehead atoms. The molecule has 1 N–H and O–H groups in total. The lowest BCUT2D eigenvalue weighted by Crippen LogP contribution is -2.23. The van der Waals surface area contributed by atoms with Crippen molar-refractivity contribution in [2.45, 2.75) is 26.8 Å². The van der Waals surface area contributed by atoms with Crippen LogP contribution in [0.15, 0.2) is 24.3 Å². The van der Waals surface area contributed by atoms with Crippen LogP contribution in [-0.4, -0.2) is 11.7 Å². The highest BCUT2D eigenvalue weighted by Crippen LogP contribution is 2.13. The number of rotatable bonds is 3. The maximum Gasteiger partial charge on any atom is 0.217 e. The zero-order valence-corrected chi connectivity index (χ0v) is 9.20. The Morgan fingerprint density at radius 3 is 2.07 bits per heavy atom. The Morgan fingerprint density at radius 1 is 1.13 bits per heavy atom. The minimum Gasteiger partial charge on any atom is -0.350 e. The van der Waals surface area contributed by atoms with Crippen LogP contribution < -0.4 is 5.32 Å². The van der Waals surface area contributed by atoms with Crippen LogP contribution in [0.1, 0.15) is 42.7 Å². The molecule has 0 saturated carbocycles. The molecule has 1 aromatic rings. The molecule has 15 heavy (non-hydrogen) atoms. The maximum atomic E-state index is 11.0. The molecule has 0 aliphatic carbocycles. The van der Waals surface area contributed by atoms with Gasteiger partial charge in [-0.15, -0.1) is 0 Å². The average molecular weight is 205 g/mol. The van der Waals surface area contributed by atoms with Crippen molar-refractivity contribution >= 4 is 11.7 Å². The largest absolute Gasteiger partial charge is 0.350 e. The van der Waals surface area contributed by atoms with Gasteiger partial charge in [0.1, 0.15) is 0 Å². The van der Waals surface area contributed by atoms with E-state index in [4.69, 9.17) is 0 Å². The zero-order valence-electron chi connectivity index (χ0n) is 9.20. The van der Waals surface area contributed by atoms with Gasteiger partial charge >= 0.3 is 0 Å². The molecule has 0 heterocycles. The third-order valence-electron chi connectivity index (χ3n) is 2.24. The van der Waals surface area contributed by atoms with E-state index in [1.807, 2.05) is 19.1 Å². The number of amides is 1. The summed E-state index contributed by atoms with van der Waals surface area (Å²) in [5, 5.41) is 2.78. The lowest BCUT2D eigenvalue weighted by molar-refractivity contribution is -0.119. The highest BCUT2D eigenvalue weighted by molar-refractivity contribution is 5.94. The number of hydrogen-bond acceptors (Lipinski definition) is 2. The van der Waals surface area contributed by atoms with Crippen molar-refractivity contribution in [3.05, 3.63) is 35.4 Å². The third-order valence-corrected chi connectivity index (χ3v) is 2.24. The average Bonchev–Trinajstić information content (AvgIpc) is 2.17. The molecule has 3 nitrogen and oxygen atoms in total. The molecule has 1 atom stereocenters. The summed E-state index contributed by atoms with van der Waals surface area (Å²) in [5.41, 5.74) is 1.68. The van der Waals surface area contributed by atoms with Crippen molar-refractivity contribution in [1.82, 2.24) is 5.32 Å². The van der Waals surface area contributed by atoms with Gasteiger partial charge in [0.2, 0.25) is 5.91 Å². The van der Waals surface area contributed by atoms with Crippen molar-refractivity contribution in [2.24, 2.45) is 0 Å². The minimum absolute atomic E-state index is 0.0245. The Bertz CT molecular complexity index is 368. The molecule has 1 aromatic carbocycles. The van der Waals surface area contributed by atoms with Crippen LogP contribution in [-0.2, 0) is 4.79 Å². The van der Waals surface area contributed by atoms with Crippen LogP contribution in [0.4, 0.5) is 0 Å². The SMILES string of the molecule is CC(=O)N[C@H](C)c1ccc(C(C)=O)cc1. The molecule has 0 aliphatic rings. The van der Waals surface area contributed by atoms with Crippen molar-refractivity contribution < 1.29 is 9.59 Å². The summed E-state index contributed by atoms with van der Waals surface area (Å²) >= 11 is 0. The molecule has 3 heteroatoms. The van der Waals surface area contributed by atoms with E-state index in [0.717, 1.165) is 5.56 Å². The fraction of sp³-hybridized carbons (Fsp3) is 0.333. The lowest BCUT2D eigenvalue weighted by Gasteiger charge is -2.12. The van der Waals surface area contributed by atoms with Crippen LogP contribution in [0.2, 0.25) is 0 Å². The maximum absolute atomic E-state index is 11.0. The van der Waals surface area contributed by atoms with Crippen molar-refractivity contribution in [2.75, 3.05) is 0 Å². The van der Waals surface area contributed by atoms with Gasteiger partial charge < -0.3 is 5.32 Å². The van der Waals surface area contributed by atoms with Gasteiger partial charge in [-0.25, -0.2) is 0 Å². The van der Waals surface area contributed by atoms with Crippen LogP contribution in [0.5, 0.6) is 0 Å². The second kappa shape index (κ2) is 4.73. The highest BCUT2D eigenvalue weighted by Gasteiger charge is 2.06. The number of Topliss-reactive ketones (excluding diaryl/α,β-unsaturated/α-hetero) is 1. The summed E-state index contributed by atoms with van der Waals surface area (Å²) in [5.74, 6) is -0.00752. The Morgan fingerprint density at radius 2 is 1.67 bits per heavy atom. The smallest absolute Gasteiger partial charge is 0.217 e.